The monoisotopic (exact) mass is 203 g/mol. The van der Waals surface area contributed by atoms with Gasteiger partial charge in [-0.15, -0.1) is 11.3 Å². The smallest absolute Gasteiger partial charge is 0.0352 e. The molecular weight excluding hydrogens is 188 g/mol. The molecule has 0 aliphatic heterocycles. The minimum absolute atomic E-state index is 0.729. The van der Waals surface area contributed by atoms with Crippen LogP contribution >= 0.6 is 11.3 Å². The Morgan fingerprint density at radius 2 is 2.14 bits per heavy atom. The van der Waals surface area contributed by atoms with Gasteiger partial charge in [-0.2, -0.15) is 0 Å². The number of hydrogen-bond donors (Lipinski definition) is 0. The molecule has 0 saturated carbocycles. The van der Waals surface area contributed by atoms with Crippen molar-refractivity contribution in [2.24, 2.45) is 5.92 Å². The van der Waals surface area contributed by atoms with Gasteiger partial charge in [0.05, 0.1) is 0 Å². The molecule has 0 N–H and O–H groups in total. The van der Waals surface area contributed by atoms with E-state index in [4.69, 9.17) is 0 Å². The fourth-order valence-electron chi connectivity index (χ4n) is 1.74. The van der Waals surface area contributed by atoms with E-state index in [1.807, 2.05) is 11.3 Å². The average Bonchev–Trinajstić information content (AvgIpc) is 2.42. The molecule has 0 aliphatic carbocycles. The van der Waals surface area contributed by atoms with Crippen LogP contribution in [0.4, 0.5) is 0 Å². The van der Waals surface area contributed by atoms with Crippen LogP contribution < -0.4 is 0 Å². The first-order chi connectivity index (χ1) is 6.65. The SMILES string of the molecule is Cc1[c]c2cc(CC(C)C)ccc2s1. The molecule has 0 amide bonds. The summed E-state index contributed by atoms with van der Waals surface area (Å²) in [4.78, 5) is 1.28. The molecule has 73 valence electrons. The van der Waals surface area contributed by atoms with E-state index in [0.29, 0.717) is 0 Å². The van der Waals surface area contributed by atoms with Crippen LogP contribution in [-0.2, 0) is 6.42 Å². The molecule has 0 unspecified atom stereocenters. The first kappa shape index (κ1) is 9.72. The third-order valence-electron chi connectivity index (χ3n) is 2.26. The Morgan fingerprint density at radius 3 is 2.86 bits per heavy atom. The fourth-order valence-corrected chi connectivity index (χ4v) is 2.59. The maximum Gasteiger partial charge on any atom is 0.0352 e. The summed E-state index contributed by atoms with van der Waals surface area (Å²) < 4.78 is 1.36. The van der Waals surface area contributed by atoms with Gasteiger partial charge < -0.3 is 0 Å². The molecule has 1 aromatic carbocycles. The van der Waals surface area contributed by atoms with Crippen LogP contribution in [0, 0.1) is 18.9 Å². The van der Waals surface area contributed by atoms with Crippen molar-refractivity contribution >= 4 is 21.4 Å². The topological polar surface area (TPSA) is 0 Å². The summed E-state index contributed by atoms with van der Waals surface area (Å²) >= 11 is 1.82. The second-order valence-electron chi connectivity index (χ2n) is 4.21. The van der Waals surface area contributed by atoms with Crippen molar-refractivity contribution in [1.29, 1.82) is 0 Å². The van der Waals surface area contributed by atoms with Crippen molar-refractivity contribution in [1.82, 2.24) is 0 Å². The van der Waals surface area contributed by atoms with Gasteiger partial charge in [0.1, 0.15) is 0 Å². The molecule has 2 aromatic rings. The second kappa shape index (κ2) is 3.74. The molecule has 0 atom stereocenters. The van der Waals surface area contributed by atoms with Crippen molar-refractivity contribution in [2.75, 3.05) is 0 Å². The lowest BCUT2D eigenvalue weighted by atomic mass is 10.0. The van der Waals surface area contributed by atoms with E-state index in [-0.39, 0.29) is 0 Å². The lowest BCUT2D eigenvalue weighted by Crippen LogP contribution is -1.92. The maximum atomic E-state index is 3.39. The van der Waals surface area contributed by atoms with Crippen LogP contribution in [0.3, 0.4) is 0 Å². The van der Waals surface area contributed by atoms with Gasteiger partial charge >= 0.3 is 0 Å². The third-order valence-corrected chi connectivity index (χ3v) is 3.25. The Labute approximate surface area is 89.6 Å². The molecule has 0 aliphatic rings. The van der Waals surface area contributed by atoms with Gasteiger partial charge in [0.2, 0.25) is 0 Å². The average molecular weight is 203 g/mol. The maximum absolute atomic E-state index is 3.39. The lowest BCUT2D eigenvalue weighted by Gasteiger charge is -2.04. The van der Waals surface area contributed by atoms with E-state index in [1.165, 1.54) is 26.9 Å². The zero-order chi connectivity index (χ0) is 10.1. The number of rotatable bonds is 2. The highest BCUT2D eigenvalue weighted by molar-refractivity contribution is 7.18. The van der Waals surface area contributed by atoms with Crippen LogP contribution in [0.2, 0.25) is 0 Å². The summed E-state index contributed by atoms with van der Waals surface area (Å²) in [5.74, 6) is 0.729. The van der Waals surface area contributed by atoms with Crippen LogP contribution in [0.15, 0.2) is 18.2 Å². The van der Waals surface area contributed by atoms with Gasteiger partial charge in [-0.1, -0.05) is 19.9 Å². The van der Waals surface area contributed by atoms with Crippen LogP contribution in [-0.4, -0.2) is 0 Å². The first-order valence-electron chi connectivity index (χ1n) is 5.06. The fraction of sp³-hybridized carbons (Fsp3) is 0.385. The molecule has 0 saturated heterocycles. The van der Waals surface area contributed by atoms with Crippen molar-refractivity contribution in [3.8, 4) is 0 Å². The highest BCUT2D eigenvalue weighted by atomic mass is 32.1. The predicted molar refractivity (Wildman–Crippen MR) is 63.9 cm³/mol. The molecule has 14 heavy (non-hydrogen) atoms. The summed E-state index contributed by atoms with van der Waals surface area (Å²) in [5, 5.41) is 1.28. The standard InChI is InChI=1S/C13H15S/c1-9(2)6-11-4-5-13-12(8-11)7-10(3)14-13/h4-5,8-9H,6H2,1-3H3. The van der Waals surface area contributed by atoms with Gasteiger partial charge in [0, 0.05) is 21.0 Å². The molecule has 1 heterocycles. The van der Waals surface area contributed by atoms with Gasteiger partial charge in [-0.25, -0.2) is 0 Å². The zero-order valence-corrected chi connectivity index (χ0v) is 9.74. The molecule has 1 radical (unpaired) electrons. The number of fused-ring (bicyclic) bond motifs is 1. The van der Waals surface area contributed by atoms with Gasteiger partial charge in [0.15, 0.2) is 0 Å². The van der Waals surface area contributed by atoms with Crippen LogP contribution in [0.5, 0.6) is 0 Å². The van der Waals surface area contributed by atoms with Crippen molar-refractivity contribution in [3.63, 3.8) is 0 Å². The Hall–Kier alpha value is -0.820. The minimum atomic E-state index is 0.729. The Kier molecular flexibility index (Phi) is 2.60. The number of thiophene rings is 1. The zero-order valence-electron chi connectivity index (χ0n) is 8.92. The highest BCUT2D eigenvalue weighted by Gasteiger charge is 2.02. The quantitative estimate of drug-likeness (QED) is 0.686. The highest BCUT2D eigenvalue weighted by Crippen LogP contribution is 2.25. The summed E-state index contributed by atoms with van der Waals surface area (Å²) in [6, 6.07) is 10.1. The summed E-state index contributed by atoms with van der Waals surface area (Å²) in [6.07, 6.45) is 1.17. The number of benzene rings is 1. The Bertz CT molecular complexity index is 437. The normalized spacial score (nSPS) is 11.4. The molecule has 0 bridgehead atoms. The third kappa shape index (κ3) is 1.98. The Morgan fingerprint density at radius 1 is 1.36 bits per heavy atom. The number of aryl methyl sites for hydroxylation is 1. The van der Waals surface area contributed by atoms with Crippen LogP contribution in [0.1, 0.15) is 24.3 Å². The first-order valence-corrected chi connectivity index (χ1v) is 5.88. The van der Waals surface area contributed by atoms with E-state index in [1.54, 1.807) is 0 Å². The molecule has 0 spiro atoms. The van der Waals surface area contributed by atoms with E-state index >= 15 is 0 Å². The predicted octanol–water partition coefficient (Wildman–Crippen LogP) is 4.21. The summed E-state index contributed by atoms with van der Waals surface area (Å²) in [6.45, 7) is 6.63. The Balaban J connectivity index is 2.40. The second-order valence-corrected chi connectivity index (χ2v) is 5.47. The number of hydrogen-bond acceptors (Lipinski definition) is 1. The van der Waals surface area contributed by atoms with E-state index < -0.39 is 0 Å². The van der Waals surface area contributed by atoms with E-state index in [9.17, 15) is 0 Å². The molecule has 1 aromatic heterocycles. The molecular formula is C13H15S. The van der Waals surface area contributed by atoms with Gasteiger partial charge in [-0.3, -0.25) is 0 Å². The van der Waals surface area contributed by atoms with Gasteiger partial charge in [0.25, 0.3) is 0 Å². The lowest BCUT2D eigenvalue weighted by molar-refractivity contribution is 0.648. The molecule has 2 rings (SSSR count). The van der Waals surface area contributed by atoms with Crippen molar-refractivity contribution in [2.45, 2.75) is 27.2 Å². The molecule has 1 heteroatoms. The summed E-state index contributed by atoms with van der Waals surface area (Å²) in [7, 11) is 0. The minimum Gasteiger partial charge on any atom is -0.140 e. The largest absolute Gasteiger partial charge is 0.140 e. The summed E-state index contributed by atoms with van der Waals surface area (Å²) in [5.41, 5.74) is 1.43. The van der Waals surface area contributed by atoms with Crippen LogP contribution in [0.25, 0.3) is 10.1 Å². The molecule has 0 nitrogen and oxygen atoms in total. The van der Waals surface area contributed by atoms with E-state index in [2.05, 4.69) is 45.0 Å². The van der Waals surface area contributed by atoms with Crippen molar-refractivity contribution < 1.29 is 0 Å². The molecule has 0 fully saturated rings. The van der Waals surface area contributed by atoms with Crippen molar-refractivity contribution in [3.05, 3.63) is 34.7 Å². The van der Waals surface area contributed by atoms with Gasteiger partial charge in [-0.05, 0) is 37.0 Å². The van der Waals surface area contributed by atoms with E-state index in [0.717, 1.165) is 5.92 Å².